The van der Waals surface area contributed by atoms with Crippen LogP contribution in [-0.4, -0.2) is 60.0 Å². The maximum absolute atomic E-state index is 13.6. The highest BCUT2D eigenvalue weighted by Gasteiger charge is 2.41. The van der Waals surface area contributed by atoms with Crippen molar-refractivity contribution >= 4 is 12.0 Å². The number of benzene rings is 2. The summed E-state index contributed by atoms with van der Waals surface area (Å²) in [5, 5.41) is 11.7. The van der Waals surface area contributed by atoms with Gasteiger partial charge in [-0.1, -0.05) is 36.4 Å². The summed E-state index contributed by atoms with van der Waals surface area (Å²) in [6.07, 6.45) is -1.52. The van der Waals surface area contributed by atoms with Crippen LogP contribution in [0.5, 0.6) is 0 Å². The number of carbonyl (C=O) groups is 2. The van der Waals surface area contributed by atoms with Crippen LogP contribution in [0.4, 0.5) is 9.18 Å². The lowest BCUT2D eigenvalue weighted by Gasteiger charge is -2.42. The Morgan fingerprint density at radius 3 is 2.69 bits per heavy atom. The molecule has 2 aliphatic heterocycles. The summed E-state index contributed by atoms with van der Waals surface area (Å²) in [6.45, 7) is 2.86. The van der Waals surface area contributed by atoms with Gasteiger partial charge in [-0.3, -0.25) is 4.79 Å². The minimum absolute atomic E-state index is 0.126. The molecule has 8 heteroatoms. The lowest BCUT2D eigenvalue weighted by molar-refractivity contribution is -0.158. The van der Waals surface area contributed by atoms with Crippen molar-refractivity contribution in [1.29, 1.82) is 0 Å². The maximum Gasteiger partial charge on any atom is 0.404 e. The van der Waals surface area contributed by atoms with E-state index in [9.17, 15) is 19.1 Å². The molecule has 1 saturated heterocycles. The molecular formula is C24H27FN2O5. The first-order valence-corrected chi connectivity index (χ1v) is 10.8. The van der Waals surface area contributed by atoms with Gasteiger partial charge in [-0.2, -0.15) is 0 Å². The van der Waals surface area contributed by atoms with E-state index in [1.165, 1.54) is 12.1 Å². The Balaban J connectivity index is 1.61. The molecule has 0 spiro atoms. The Hall–Kier alpha value is -2.97. The zero-order valence-electron chi connectivity index (χ0n) is 17.9. The molecule has 0 aliphatic carbocycles. The number of nitrogens with zero attached hydrogens (tertiary/aromatic N) is 1. The van der Waals surface area contributed by atoms with Crippen LogP contribution < -0.4 is 5.32 Å². The van der Waals surface area contributed by atoms with E-state index in [0.29, 0.717) is 19.6 Å². The zero-order valence-corrected chi connectivity index (χ0v) is 17.9. The molecule has 0 aromatic heterocycles. The van der Waals surface area contributed by atoms with Crippen molar-refractivity contribution in [1.82, 2.24) is 10.2 Å². The van der Waals surface area contributed by atoms with E-state index in [4.69, 9.17) is 9.47 Å². The standard InChI is InChI=1S/C24H27FN2O5/c1-2-31-21-14-32-20(13-19(21)26-24(29)30)23(28)27-12-11-15-5-3-4-6-18(15)22(27)16-7-9-17(25)10-8-16/h3-10,19-22,26H,2,11-14H2,1H3,(H,29,30)/t19-,20+,21-,22-/m0/s1. The van der Waals surface area contributed by atoms with Gasteiger partial charge in [-0.15, -0.1) is 0 Å². The third kappa shape index (κ3) is 4.61. The number of rotatable bonds is 5. The summed E-state index contributed by atoms with van der Waals surface area (Å²) < 4.78 is 25.0. The molecule has 2 aromatic carbocycles. The molecule has 170 valence electrons. The first-order chi connectivity index (χ1) is 15.5. The van der Waals surface area contributed by atoms with Crippen LogP contribution in [-0.2, 0) is 20.7 Å². The molecule has 2 amide bonds. The van der Waals surface area contributed by atoms with Gasteiger partial charge in [-0.05, 0) is 42.2 Å². The van der Waals surface area contributed by atoms with Crippen LogP contribution in [0, 0.1) is 5.82 Å². The topological polar surface area (TPSA) is 88.1 Å². The van der Waals surface area contributed by atoms with Crippen LogP contribution in [0.2, 0.25) is 0 Å². The molecule has 2 aromatic rings. The number of hydrogen-bond acceptors (Lipinski definition) is 4. The predicted molar refractivity (Wildman–Crippen MR) is 115 cm³/mol. The second-order valence-electron chi connectivity index (χ2n) is 8.04. The molecule has 0 radical (unpaired) electrons. The van der Waals surface area contributed by atoms with Crippen molar-refractivity contribution in [3.63, 3.8) is 0 Å². The van der Waals surface area contributed by atoms with Gasteiger partial charge >= 0.3 is 6.09 Å². The van der Waals surface area contributed by atoms with Gasteiger partial charge in [0, 0.05) is 19.6 Å². The number of nitrogens with one attached hydrogen (secondary N) is 1. The highest BCUT2D eigenvalue weighted by Crippen LogP contribution is 2.36. The monoisotopic (exact) mass is 442 g/mol. The molecule has 2 aliphatic rings. The first kappa shape index (κ1) is 22.2. The Morgan fingerprint density at radius 2 is 1.97 bits per heavy atom. The Labute approximate surface area is 186 Å². The van der Waals surface area contributed by atoms with E-state index in [1.807, 2.05) is 31.2 Å². The van der Waals surface area contributed by atoms with Gasteiger partial charge < -0.3 is 24.8 Å². The van der Waals surface area contributed by atoms with Crippen molar-refractivity contribution in [3.05, 3.63) is 71.0 Å². The van der Waals surface area contributed by atoms with Crippen LogP contribution in [0.3, 0.4) is 0 Å². The lowest BCUT2D eigenvalue weighted by atomic mass is 9.87. The van der Waals surface area contributed by atoms with Gasteiger partial charge in [-0.25, -0.2) is 9.18 Å². The van der Waals surface area contributed by atoms with E-state index in [2.05, 4.69) is 5.32 Å². The number of hydrogen-bond donors (Lipinski definition) is 2. The van der Waals surface area contributed by atoms with Crippen LogP contribution in [0.1, 0.15) is 36.1 Å². The largest absolute Gasteiger partial charge is 0.465 e. The van der Waals surface area contributed by atoms with Crippen molar-refractivity contribution in [3.8, 4) is 0 Å². The van der Waals surface area contributed by atoms with E-state index < -0.39 is 24.3 Å². The SMILES string of the molecule is CCO[C@H]1CO[C@@H](C(=O)N2CCc3ccccc3[C@@H]2c2ccc(F)cc2)C[C@@H]1NC(=O)O. The summed E-state index contributed by atoms with van der Waals surface area (Å²) in [4.78, 5) is 26.6. The summed E-state index contributed by atoms with van der Waals surface area (Å²) in [6, 6.07) is 13.2. The highest BCUT2D eigenvalue weighted by atomic mass is 19.1. The summed E-state index contributed by atoms with van der Waals surface area (Å²) in [7, 11) is 0. The van der Waals surface area contributed by atoms with E-state index >= 15 is 0 Å². The fraction of sp³-hybridized carbons (Fsp3) is 0.417. The molecule has 32 heavy (non-hydrogen) atoms. The molecule has 1 fully saturated rings. The van der Waals surface area contributed by atoms with E-state index in [0.717, 1.165) is 16.7 Å². The predicted octanol–water partition coefficient (Wildman–Crippen LogP) is 3.13. The molecule has 4 atom stereocenters. The van der Waals surface area contributed by atoms with Crippen molar-refractivity contribution in [2.75, 3.05) is 19.8 Å². The van der Waals surface area contributed by atoms with E-state index in [-0.39, 0.29) is 30.8 Å². The zero-order chi connectivity index (χ0) is 22.7. The van der Waals surface area contributed by atoms with Crippen LogP contribution in [0.15, 0.2) is 48.5 Å². The van der Waals surface area contributed by atoms with Gasteiger partial charge in [0.05, 0.1) is 18.7 Å². The third-order valence-corrected chi connectivity index (χ3v) is 6.10. The van der Waals surface area contributed by atoms with Gasteiger partial charge in [0.15, 0.2) is 0 Å². The minimum Gasteiger partial charge on any atom is -0.465 e. The van der Waals surface area contributed by atoms with Gasteiger partial charge in [0.25, 0.3) is 5.91 Å². The Morgan fingerprint density at radius 1 is 1.22 bits per heavy atom. The first-order valence-electron chi connectivity index (χ1n) is 10.8. The summed E-state index contributed by atoms with van der Waals surface area (Å²) in [5.74, 6) is -0.545. The fourth-order valence-corrected chi connectivity index (χ4v) is 4.63. The van der Waals surface area contributed by atoms with Crippen LogP contribution in [0.25, 0.3) is 0 Å². The number of amides is 2. The van der Waals surface area contributed by atoms with E-state index in [1.54, 1.807) is 17.0 Å². The number of carboxylic acid groups (broad SMARTS) is 1. The molecule has 7 nitrogen and oxygen atoms in total. The average molecular weight is 442 g/mol. The molecular weight excluding hydrogens is 415 g/mol. The van der Waals surface area contributed by atoms with Crippen LogP contribution >= 0.6 is 0 Å². The average Bonchev–Trinajstić information content (AvgIpc) is 2.79. The highest BCUT2D eigenvalue weighted by molar-refractivity contribution is 5.82. The van der Waals surface area contributed by atoms with Crippen molar-refractivity contribution in [2.45, 2.75) is 44.1 Å². The minimum atomic E-state index is -1.16. The second kappa shape index (κ2) is 9.67. The molecule has 2 N–H and O–H groups in total. The maximum atomic E-state index is 13.6. The smallest absolute Gasteiger partial charge is 0.404 e. The quantitative estimate of drug-likeness (QED) is 0.743. The number of carbonyl (C=O) groups excluding carboxylic acids is 1. The molecule has 0 unspecified atom stereocenters. The third-order valence-electron chi connectivity index (χ3n) is 6.10. The molecule has 2 heterocycles. The number of halogens is 1. The van der Waals surface area contributed by atoms with Crippen molar-refractivity contribution in [2.24, 2.45) is 0 Å². The molecule has 0 bridgehead atoms. The number of fused-ring (bicyclic) bond motifs is 1. The van der Waals surface area contributed by atoms with Gasteiger partial charge in [0.2, 0.25) is 0 Å². The second-order valence-corrected chi connectivity index (χ2v) is 8.04. The molecule has 0 saturated carbocycles. The fourth-order valence-electron chi connectivity index (χ4n) is 4.63. The van der Waals surface area contributed by atoms with Crippen molar-refractivity contribution < 1.29 is 28.6 Å². The summed E-state index contributed by atoms with van der Waals surface area (Å²) >= 11 is 0. The van der Waals surface area contributed by atoms with Gasteiger partial charge in [0.1, 0.15) is 18.0 Å². The lowest BCUT2D eigenvalue weighted by Crippen LogP contribution is -2.56. The Kier molecular flexibility index (Phi) is 6.72. The summed E-state index contributed by atoms with van der Waals surface area (Å²) in [5.41, 5.74) is 2.97. The normalized spacial score (nSPS) is 25.1. The Bertz CT molecular complexity index is 967. The number of ether oxygens (including phenoxy) is 2. The molecule has 4 rings (SSSR count).